The average molecular weight is 251 g/mol. The van der Waals surface area contributed by atoms with Gasteiger partial charge >= 0.3 is 0 Å². The normalized spacial score (nSPS) is 10.8. The van der Waals surface area contributed by atoms with Crippen molar-refractivity contribution in [3.05, 3.63) is 39.9 Å². The van der Waals surface area contributed by atoms with E-state index in [1.165, 1.54) is 0 Å². The first-order chi connectivity index (χ1) is 8.63. The number of nitro benzene ring substituents is 1. The minimum atomic E-state index is -0.367. The molecular formula is C13H21N3O2. The highest BCUT2D eigenvalue weighted by Crippen LogP contribution is 2.12. The van der Waals surface area contributed by atoms with Gasteiger partial charge < -0.3 is 10.2 Å². The van der Waals surface area contributed by atoms with Gasteiger partial charge in [-0.05, 0) is 45.6 Å². The highest BCUT2D eigenvalue weighted by molar-refractivity contribution is 5.32. The topological polar surface area (TPSA) is 58.4 Å². The van der Waals surface area contributed by atoms with E-state index in [-0.39, 0.29) is 10.6 Å². The molecule has 0 heterocycles. The van der Waals surface area contributed by atoms with E-state index in [1.807, 2.05) is 19.2 Å². The maximum Gasteiger partial charge on any atom is 0.269 e. The van der Waals surface area contributed by atoms with Gasteiger partial charge in [-0.3, -0.25) is 10.1 Å². The van der Waals surface area contributed by atoms with Crippen LogP contribution in [0.1, 0.15) is 12.0 Å². The lowest BCUT2D eigenvalue weighted by molar-refractivity contribution is -0.384. The van der Waals surface area contributed by atoms with Gasteiger partial charge in [0.05, 0.1) is 4.92 Å². The van der Waals surface area contributed by atoms with Gasteiger partial charge in [0.15, 0.2) is 0 Å². The van der Waals surface area contributed by atoms with Gasteiger partial charge in [0.1, 0.15) is 0 Å². The van der Waals surface area contributed by atoms with Gasteiger partial charge in [-0.1, -0.05) is 12.1 Å². The van der Waals surface area contributed by atoms with Crippen molar-refractivity contribution in [1.29, 1.82) is 0 Å². The van der Waals surface area contributed by atoms with Crippen molar-refractivity contribution in [3.63, 3.8) is 0 Å². The Morgan fingerprint density at radius 1 is 1.28 bits per heavy atom. The van der Waals surface area contributed by atoms with E-state index in [0.29, 0.717) is 0 Å². The lowest BCUT2D eigenvalue weighted by atomic mass is 10.1. The van der Waals surface area contributed by atoms with E-state index in [9.17, 15) is 10.1 Å². The van der Waals surface area contributed by atoms with E-state index < -0.39 is 0 Å². The van der Waals surface area contributed by atoms with Crippen molar-refractivity contribution in [2.45, 2.75) is 12.8 Å². The zero-order chi connectivity index (χ0) is 13.4. The number of likely N-dealkylation sites (N-methyl/N-ethyl adjacent to an activating group) is 1. The van der Waals surface area contributed by atoms with Crippen molar-refractivity contribution in [3.8, 4) is 0 Å². The minimum absolute atomic E-state index is 0.154. The molecule has 0 unspecified atom stereocenters. The lowest BCUT2D eigenvalue weighted by Gasteiger charge is -2.16. The fourth-order valence-corrected chi connectivity index (χ4v) is 1.74. The van der Waals surface area contributed by atoms with E-state index in [2.05, 4.69) is 17.3 Å². The van der Waals surface area contributed by atoms with Gasteiger partial charge in [0.2, 0.25) is 0 Å². The molecule has 0 radical (unpaired) electrons. The maximum atomic E-state index is 10.5. The monoisotopic (exact) mass is 251 g/mol. The Labute approximate surface area is 108 Å². The SMILES string of the molecule is CNCCCN(C)CCc1ccc([N+](=O)[O-])cc1. The molecule has 0 aliphatic heterocycles. The highest BCUT2D eigenvalue weighted by Gasteiger charge is 2.04. The van der Waals surface area contributed by atoms with Crippen LogP contribution in [-0.2, 0) is 6.42 Å². The third kappa shape index (κ3) is 5.25. The van der Waals surface area contributed by atoms with Gasteiger partial charge in [-0.25, -0.2) is 0 Å². The predicted octanol–water partition coefficient (Wildman–Crippen LogP) is 1.68. The molecule has 0 saturated heterocycles. The van der Waals surface area contributed by atoms with Crippen molar-refractivity contribution >= 4 is 5.69 Å². The summed E-state index contributed by atoms with van der Waals surface area (Å²) in [7, 11) is 4.05. The third-order valence-corrected chi connectivity index (χ3v) is 2.90. The number of nitrogens with one attached hydrogen (secondary N) is 1. The molecule has 0 atom stereocenters. The molecular weight excluding hydrogens is 230 g/mol. The van der Waals surface area contributed by atoms with Crippen molar-refractivity contribution < 1.29 is 4.92 Å². The van der Waals surface area contributed by atoms with Crippen LogP contribution in [0.5, 0.6) is 0 Å². The highest BCUT2D eigenvalue weighted by atomic mass is 16.6. The lowest BCUT2D eigenvalue weighted by Crippen LogP contribution is -2.24. The zero-order valence-corrected chi connectivity index (χ0v) is 11.1. The Morgan fingerprint density at radius 2 is 1.94 bits per heavy atom. The first-order valence-corrected chi connectivity index (χ1v) is 6.20. The summed E-state index contributed by atoms with van der Waals surface area (Å²) in [6, 6.07) is 6.80. The van der Waals surface area contributed by atoms with Crippen LogP contribution in [0, 0.1) is 10.1 Å². The Kier molecular flexibility index (Phi) is 6.32. The van der Waals surface area contributed by atoms with Crippen LogP contribution >= 0.6 is 0 Å². The van der Waals surface area contributed by atoms with Crippen molar-refractivity contribution in [1.82, 2.24) is 10.2 Å². The fraction of sp³-hybridized carbons (Fsp3) is 0.538. The number of nitrogens with zero attached hydrogens (tertiary/aromatic N) is 2. The molecule has 0 spiro atoms. The third-order valence-electron chi connectivity index (χ3n) is 2.90. The molecule has 1 aromatic carbocycles. The number of benzene rings is 1. The summed E-state index contributed by atoms with van der Waals surface area (Å²) in [6.07, 6.45) is 2.06. The van der Waals surface area contributed by atoms with Crippen LogP contribution < -0.4 is 5.32 Å². The van der Waals surface area contributed by atoms with Gasteiger partial charge in [0, 0.05) is 18.7 Å². The number of hydrogen-bond donors (Lipinski definition) is 1. The van der Waals surface area contributed by atoms with Gasteiger partial charge in [-0.2, -0.15) is 0 Å². The first kappa shape index (κ1) is 14.6. The number of rotatable bonds is 8. The molecule has 0 bridgehead atoms. The van der Waals surface area contributed by atoms with Crippen molar-refractivity contribution in [2.24, 2.45) is 0 Å². The van der Waals surface area contributed by atoms with Crippen LogP contribution in [0.4, 0.5) is 5.69 Å². The van der Waals surface area contributed by atoms with Crippen LogP contribution in [0.2, 0.25) is 0 Å². The van der Waals surface area contributed by atoms with Crippen molar-refractivity contribution in [2.75, 3.05) is 33.7 Å². The Hall–Kier alpha value is -1.46. The number of hydrogen-bond acceptors (Lipinski definition) is 4. The predicted molar refractivity (Wildman–Crippen MR) is 72.8 cm³/mol. The standard InChI is InChI=1S/C13H21N3O2/c1-14-9-3-10-15(2)11-8-12-4-6-13(7-5-12)16(17)18/h4-7,14H,3,8-11H2,1-2H3. The van der Waals surface area contributed by atoms with Crippen LogP contribution in [0.25, 0.3) is 0 Å². The first-order valence-electron chi connectivity index (χ1n) is 6.20. The molecule has 100 valence electrons. The summed E-state index contributed by atoms with van der Waals surface area (Å²) in [4.78, 5) is 12.4. The van der Waals surface area contributed by atoms with Gasteiger partial charge in [0.25, 0.3) is 5.69 Å². The molecule has 5 heteroatoms. The number of nitro groups is 1. The largest absolute Gasteiger partial charge is 0.320 e. The molecule has 5 nitrogen and oxygen atoms in total. The molecule has 18 heavy (non-hydrogen) atoms. The summed E-state index contributed by atoms with van der Waals surface area (Å²) in [5.41, 5.74) is 1.29. The molecule has 0 fully saturated rings. The molecule has 1 rings (SSSR count). The van der Waals surface area contributed by atoms with E-state index in [0.717, 1.165) is 38.0 Å². The number of non-ortho nitro benzene ring substituents is 1. The second kappa shape index (κ2) is 7.79. The Bertz CT molecular complexity index is 365. The minimum Gasteiger partial charge on any atom is -0.320 e. The summed E-state index contributed by atoms with van der Waals surface area (Å²) >= 11 is 0. The summed E-state index contributed by atoms with van der Waals surface area (Å²) in [6.45, 7) is 3.07. The Morgan fingerprint density at radius 3 is 2.50 bits per heavy atom. The molecule has 0 aliphatic rings. The summed E-state index contributed by atoms with van der Waals surface area (Å²) in [5, 5.41) is 13.6. The van der Waals surface area contributed by atoms with E-state index >= 15 is 0 Å². The maximum absolute atomic E-state index is 10.5. The second-order valence-corrected chi connectivity index (χ2v) is 4.43. The second-order valence-electron chi connectivity index (χ2n) is 4.43. The smallest absolute Gasteiger partial charge is 0.269 e. The molecule has 1 N–H and O–H groups in total. The van der Waals surface area contributed by atoms with E-state index in [1.54, 1.807) is 12.1 Å². The summed E-state index contributed by atoms with van der Waals surface area (Å²) < 4.78 is 0. The zero-order valence-electron chi connectivity index (χ0n) is 11.1. The van der Waals surface area contributed by atoms with Crippen LogP contribution in [-0.4, -0.2) is 43.6 Å². The molecule has 0 saturated carbocycles. The van der Waals surface area contributed by atoms with Gasteiger partial charge in [-0.15, -0.1) is 0 Å². The van der Waals surface area contributed by atoms with Crippen LogP contribution in [0.15, 0.2) is 24.3 Å². The van der Waals surface area contributed by atoms with Crippen LogP contribution in [0.3, 0.4) is 0 Å². The molecule has 1 aromatic rings. The molecule has 0 aliphatic carbocycles. The average Bonchev–Trinajstić information content (AvgIpc) is 2.37. The fourth-order valence-electron chi connectivity index (χ4n) is 1.74. The Balaban J connectivity index is 2.32. The molecule has 0 amide bonds. The molecule has 0 aromatic heterocycles. The summed E-state index contributed by atoms with van der Waals surface area (Å²) in [5.74, 6) is 0. The van der Waals surface area contributed by atoms with E-state index in [4.69, 9.17) is 0 Å². The quantitative estimate of drug-likeness (QED) is 0.434.